The van der Waals surface area contributed by atoms with Crippen LogP contribution in [0.4, 0.5) is 0 Å². The minimum atomic E-state index is -0.741. The SMILES string of the molecule is COC[C@H](C)NC(=O)[C@H](CC(C)C)N1C(=O)[C@H]2CC=CC[C@H]2C1=O. The number of amides is 3. The number of ether oxygens (including phenoxy) is 1. The molecular weight excluding hydrogens is 308 g/mol. The monoisotopic (exact) mass is 336 g/mol. The van der Waals surface area contributed by atoms with E-state index in [1.54, 1.807) is 7.11 Å². The molecular formula is C18H28N2O4. The van der Waals surface area contributed by atoms with E-state index in [1.807, 2.05) is 32.9 Å². The molecule has 0 aromatic heterocycles. The van der Waals surface area contributed by atoms with Gasteiger partial charge in [-0.1, -0.05) is 26.0 Å². The number of rotatable bonds is 7. The maximum absolute atomic E-state index is 12.8. The van der Waals surface area contributed by atoms with Crippen LogP contribution in [0.5, 0.6) is 0 Å². The van der Waals surface area contributed by atoms with Gasteiger partial charge in [0.1, 0.15) is 6.04 Å². The summed E-state index contributed by atoms with van der Waals surface area (Å²) in [5.41, 5.74) is 0. The third-order valence-corrected chi connectivity index (χ3v) is 4.66. The van der Waals surface area contributed by atoms with Gasteiger partial charge in [0.25, 0.3) is 0 Å². The number of hydrogen-bond donors (Lipinski definition) is 1. The quantitative estimate of drug-likeness (QED) is 0.565. The number of carbonyl (C=O) groups is 3. The topological polar surface area (TPSA) is 75.7 Å². The average Bonchev–Trinajstić information content (AvgIpc) is 2.77. The summed E-state index contributed by atoms with van der Waals surface area (Å²) in [6.45, 7) is 6.19. The molecule has 0 bridgehead atoms. The second-order valence-corrected chi connectivity index (χ2v) is 7.21. The Morgan fingerprint density at radius 2 is 1.75 bits per heavy atom. The van der Waals surface area contributed by atoms with Crippen LogP contribution in [0.1, 0.15) is 40.0 Å². The van der Waals surface area contributed by atoms with Gasteiger partial charge in [-0.25, -0.2) is 0 Å². The average molecular weight is 336 g/mol. The first-order chi connectivity index (χ1) is 11.4. The molecule has 0 aromatic rings. The molecule has 4 atom stereocenters. The van der Waals surface area contributed by atoms with E-state index in [9.17, 15) is 14.4 Å². The highest BCUT2D eigenvalue weighted by Crippen LogP contribution is 2.37. The van der Waals surface area contributed by atoms with Gasteiger partial charge in [-0.2, -0.15) is 0 Å². The van der Waals surface area contributed by atoms with Crippen LogP contribution in [0.25, 0.3) is 0 Å². The van der Waals surface area contributed by atoms with Crippen molar-refractivity contribution >= 4 is 17.7 Å². The first-order valence-electron chi connectivity index (χ1n) is 8.68. The Morgan fingerprint density at radius 1 is 1.21 bits per heavy atom. The van der Waals surface area contributed by atoms with Gasteiger partial charge >= 0.3 is 0 Å². The first kappa shape index (κ1) is 18.6. The summed E-state index contributed by atoms with van der Waals surface area (Å²) in [6.07, 6.45) is 5.54. The van der Waals surface area contributed by atoms with E-state index in [1.165, 1.54) is 4.90 Å². The largest absolute Gasteiger partial charge is 0.383 e. The molecule has 24 heavy (non-hydrogen) atoms. The zero-order valence-electron chi connectivity index (χ0n) is 15.0. The van der Waals surface area contributed by atoms with Crippen molar-refractivity contribution in [3.8, 4) is 0 Å². The van der Waals surface area contributed by atoms with Gasteiger partial charge < -0.3 is 10.1 Å². The number of likely N-dealkylation sites (tertiary alicyclic amines) is 1. The summed E-state index contributed by atoms with van der Waals surface area (Å²) >= 11 is 0. The van der Waals surface area contributed by atoms with Crippen molar-refractivity contribution < 1.29 is 19.1 Å². The maximum atomic E-state index is 12.8. The van der Waals surface area contributed by atoms with Crippen molar-refractivity contribution in [2.75, 3.05) is 13.7 Å². The zero-order chi connectivity index (χ0) is 17.9. The minimum absolute atomic E-state index is 0.172. The molecule has 2 aliphatic rings. The molecule has 6 heteroatoms. The Labute approximate surface area is 143 Å². The number of nitrogens with one attached hydrogen (secondary N) is 1. The summed E-state index contributed by atoms with van der Waals surface area (Å²) in [7, 11) is 1.57. The van der Waals surface area contributed by atoms with Gasteiger partial charge in [-0.3, -0.25) is 19.3 Å². The number of carbonyl (C=O) groups excluding carboxylic acids is 3. The molecule has 1 N–H and O–H groups in total. The molecule has 3 amide bonds. The van der Waals surface area contributed by atoms with Gasteiger partial charge in [0.15, 0.2) is 0 Å². The number of methoxy groups -OCH3 is 1. The molecule has 1 saturated heterocycles. The summed E-state index contributed by atoms with van der Waals surface area (Å²) in [5.74, 6) is -1.09. The van der Waals surface area contributed by atoms with Gasteiger partial charge in [0.2, 0.25) is 17.7 Å². The molecule has 1 fully saturated rings. The third kappa shape index (κ3) is 3.86. The lowest BCUT2D eigenvalue weighted by atomic mass is 9.85. The van der Waals surface area contributed by atoms with E-state index in [0.717, 1.165) is 0 Å². The Hall–Kier alpha value is -1.69. The second kappa shape index (κ2) is 7.92. The Bertz CT molecular complexity index is 503. The van der Waals surface area contributed by atoms with Crippen LogP contribution in [0, 0.1) is 17.8 Å². The molecule has 0 aromatic carbocycles. The van der Waals surface area contributed by atoms with E-state index in [0.29, 0.717) is 25.9 Å². The van der Waals surface area contributed by atoms with Crippen LogP contribution in [0.3, 0.4) is 0 Å². The summed E-state index contributed by atoms with van der Waals surface area (Å²) < 4.78 is 5.04. The normalized spacial score (nSPS) is 25.8. The van der Waals surface area contributed by atoms with Gasteiger partial charge in [0.05, 0.1) is 18.4 Å². The van der Waals surface area contributed by atoms with E-state index in [4.69, 9.17) is 4.74 Å². The van der Waals surface area contributed by atoms with Crippen molar-refractivity contribution in [3.63, 3.8) is 0 Å². The Morgan fingerprint density at radius 3 is 2.21 bits per heavy atom. The lowest BCUT2D eigenvalue weighted by Gasteiger charge is -2.28. The van der Waals surface area contributed by atoms with Crippen molar-refractivity contribution in [1.82, 2.24) is 10.2 Å². The van der Waals surface area contributed by atoms with Crippen molar-refractivity contribution in [2.24, 2.45) is 17.8 Å². The van der Waals surface area contributed by atoms with Crippen LogP contribution in [-0.2, 0) is 19.1 Å². The van der Waals surface area contributed by atoms with E-state index in [-0.39, 0.29) is 41.5 Å². The third-order valence-electron chi connectivity index (χ3n) is 4.66. The van der Waals surface area contributed by atoms with Crippen LogP contribution >= 0.6 is 0 Å². The predicted octanol–water partition coefficient (Wildman–Crippen LogP) is 1.50. The van der Waals surface area contributed by atoms with Crippen LogP contribution in [-0.4, -0.2) is 48.4 Å². The van der Waals surface area contributed by atoms with E-state index in [2.05, 4.69) is 5.32 Å². The molecule has 1 aliphatic carbocycles. The first-order valence-corrected chi connectivity index (χ1v) is 8.68. The number of nitrogens with zero attached hydrogens (tertiary/aromatic N) is 1. The molecule has 134 valence electrons. The Balaban J connectivity index is 2.19. The molecule has 0 spiro atoms. The van der Waals surface area contributed by atoms with Crippen LogP contribution in [0.2, 0.25) is 0 Å². The number of allylic oxidation sites excluding steroid dienone is 2. The second-order valence-electron chi connectivity index (χ2n) is 7.21. The predicted molar refractivity (Wildman–Crippen MR) is 89.9 cm³/mol. The molecule has 6 nitrogen and oxygen atoms in total. The van der Waals surface area contributed by atoms with Crippen molar-refractivity contribution in [1.29, 1.82) is 0 Å². The number of imide groups is 1. The lowest BCUT2D eigenvalue weighted by Crippen LogP contribution is -2.52. The zero-order valence-corrected chi connectivity index (χ0v) is 15.0. The highest BCUT2D eigenvalue weighted by atomic mass is 16.5. The standard InChI is InChI=1S/C18H28N2O4/c1-11(2)9-15(16(21)19-12(3)10-24-4)20-17(22)13-7-5-6-8-14(13)18(20)23/h5-6,11-15H,7-10H2,1-4H3,(H,19,21)/t12-,13-,14+,15-/m0/s1. The smallest absolute Gasteiger partial charge is 0.243 e. The van der Waals surface area contributed by atoms with Crippen molar-refractivity contribution in [2.45, 2.75) is 52.1 Å². The summed E-state index contributed by atoms with van der Waals surface area (Å²) in [6, 6.07) is -0.913. The summed E-state index contributed by atoms with van der Waals surface area (Å²) in [5, 5.41) is 2.86. The van der Waals surface area contributed by atoms with Crippen LogP contribution < -0.4 is 5.32 Å². The number of hydrogen-bond acceptors (Lipinski definition) is 4. The molecule has 2 rings (SSSR count). The lowest BCUT2D eigenvalue weighted by molar-refractivity contribution is -0.148. The van der Waals surface area contributed by atoms with Gasteiger partial charge in [-0.05, 0) is 32.1 Å². The van der Waals surface area contributed by atoms with Crippen LogP contribution in [0.15, 0.2) is 12.2 Å². The molecule has 1 aliphatic heterocycles. The highest BCUT2D eigenvalue weighted by molar-refractivity contribution is 6.08. The highest BCUT2D eigenvalue weighted by Gasteiger charge is 2.51. The summed E-state index contributed by atoms with van der Waals surface area (Å²) in [4.78, 5) is 39.5. The fraction of sp³-hybridized carbons (Fsp3) is 0.722. The van der Waals surface area contributed by atoms with Gasteiger partial charge in [-0.15, -0.1) is 0 Å². The minimum Gasteiger partial charge on any atom is -0.383 e. The Kier molecular flexibility index (Phi) is 6.15. The molecule has 0 unspecified atom stereocenters. The molecule has 0 radical (unpaired) electrons. The fourth-order valence-corrected chi connectivity index (χ4v) is 3.54. The van der Waals surface area contributed by atoms with E-state index < -0.39 is 6.04 Å². The van der Waals surface area contributed by atoms with Gasteiger partial charge in [0, 0.05) is 13.2 Å². The van der Waals surface area contributed by atoms with Crippen molar-refractivity contribution in [3.05, 3.63) is 12.2 Å². The maximum Gasteiger partial charge on any atom is 0.243 e. The molecule has 1 heterocycles. The fourth-order valence-electron chi connectivity index (χ4n) is 3.54. The van der Waals surface area contributed by atoms with E-state index >= 15 is 0 Å². The number of fused-ring (bicyclic) bond motifs is 1. The molecule has 0 saturated carbocycles.